The van der Waals surface area contributed by atoms with Crippen LogP contribution in [0.4, 0.5) is 0 Å². The Morgan fingerprint density at radius 1 is 1.60 bits per heavy atom. The molecule has 0 amide bonds. The van der Waals surface area contributed by atoms with Crippen LogP contribution in [0.2, 0.25) is 0 Å². The molecule has 0 aliphatic carbocycles. The van der Waals surface area contributed by atoms with Gasteiger partial charge in [-0.05, 0) is 5.92 Å². The van der Waals surface area contributed by atoms with Gasteiger partial charge in [-0.15, -0.1) is 6.58 Å². The molecule has 1 N–H and O–H groups in total. The minimum absolute atomic E-state index is 0.114. The first-order valence-electron chi connectivity index (χ1n) is 3.33. The van der Waals surface area contributed by atoms with Crippen LogP contribution in [0.15, 0.2) is 12.7 Å². The van der Waals surface area contributed by atoms with E-state index in [2.05, 4.69) is 6.58 Å². The Balaban J connectivity index is 4.04. The quantitative estimate of drug-likeness (QED) is 0.599. The standard InChI is InChI=1S/C8H13NO/c1-4-7(5-9)8(10)6(2)3/h4,6-8,10H,1H2,2-3H3. The van der Waals surface area contributed by atoms with E-state index in [0.717, 1.165) is 0 Å². The maximum absolute atomic E-state index is 9.29. The van der Waals surface area contributed by atoms with Gasteiger partial charge in [-0.3, -0.25) is 0 Å². The van der Waals surface area contributed by atoms with E-state index in [0.29, 0.717) is 0 Å². The van der Waals surface area contributed by atoms with Gasteiger partial charge in [0.05, 0.1) is 18.1 Å². The molecule has 0 aromatic carbocycles. The predicted molar refractivity (Wildman–Crippen MR) is 40.1 cm³/mol. The number of aliphatic hydroxyl groups excluding tert-OH is 1. The van der Waals surface area contributed by atoms with Crippen molar-refractivity contribution in [2.24, 2.45) is 11.8 Å². The van der Waals surface area contributed by atoms with Crippen molar-refractivity contribution in [1.82, 2.24) is 0 Å². The van der Waals surface area contributed by atoms with E-state index in [1.807, 2.05) is 19.9 Å². The third kappa shape index (κ3) is 2.20. The summed E-state index contributed by atoms with van der Waals surface area (Å²) in [5.41, 5.74) is 0. The van der Waals surface area contributed by atoms with Crippen molar-refractivity contribution in [2.75, 3.05) is 0 Å². The lowest BCUT2D eigenvalue weighted by molar-refractivity contribution is 0.104. The predicted octanol–water partition coefficient (Wildman–Crippen LogP) is 1.33. The molecule has 2 atom stereocenters. The summed E-state index contributed by atoms with van der Waals surface area (Å²) >= 11 is 0. The fraction of sp³-hybridized carbons (Fsp3) is 0.625. The van der Waals surface area contributed by atoms with Crippen molar-refractivity contribution in [2.45, 2.75) is 20.0 Å². The Kier molecular flexibility index (Phi) is 3.75. The van der Waals surface area contributed by atoms with Crippen LogP contribution in [0.3, 0.4) is 0 Å². The number of aliphatic hydroxyl groups is 1. The summed E-state index contributed by atoms with van der Waals surface area (Å²) in [6, 6.07) is 1.96. The number of hydrogen-bond acceptors (Lipinski definition) is 2. The first-order chi connectivity index (χ1) is 4.63. The van der Waals surface area contributed by atoms with Gasteiger partial charge in [0.1, 0.15) is 0 Å². The highest BCUT2D eigenvalue weighted by Gasteiger charge is 2.17. The topological polar surface area (TPSA) is 44.0 Å². The lowest BCUT2D eigenvalue weighted by atomic mass is 9.95. The fourth-order valence-corrected chi connectivity index (χ4v) is 0.683. The zero-order chi connectivity index (χ0) is 8.15. The molecule has 0 rings (SSSR count). The van der Waals surface area contributed by atoms with E-state index in [1.54, 1.807) is 0 Å². The molecule has 0 aromatic rings. The molecule has 0 saturated carbocycles. The van der Waals surface area contributed by atoms with Crippen LogP contribution in [0.5, 0.6) is 0 Å². The summed E-state index contributed by atoms with van der Waals surface area (Å²) in [6.07, 6.45) is 0.896. The minimum Gasteiger partial charge on any atom is -0.391 e. The van der Waals surface area contributed by atoms with E-state index >= 15 is 0 Å². The van der Waals surface area contributed by atoms with Crippen LogP contribution in [0.25, 0.3) is 0 Å². The number of nitrogens with zero attached hydrogens (tertiary/aromatic N) is 1. The smallest absolute Gasteiger partial charge is 0.0902 e. The zero-order valence-electron chi connectivity index (χ0n) is 6.41. The molecule has 0 bridgehead atoms. The highest BCUT2D eigenvalue weighted by molar-refractivity contribution is 5.00. The SMILES string of the molecule is C=CC(C#N)C(O)C(C)C. The fourth-order valence-electron chi connectivity index (χ4n) is 0.683. The van der Waals surface area contributed by atoms with Gasteiger partial charge in [0.2, 0.25) is 0 Å². The third-order valence-corrected chi connectivity index (χ3v) is 1.45. The molecule has 0 aromatic heterocycles. The largest absolute Gasteiger partial charge is 0.391 e. The molecule has 0 radical (unpaired) electrons. The molecule has 0 spiro atoms. The molecule has 2 heteroatoms. The summed E-state index contributed by atoms with van der Waals surface area (Å²) in [5, 5.41) is 17.8. The second-order valence-electron chi connectivity index (χ2n) is 2.63. The van der Waals surface area contributed by atoms with E-state index in [9.17, 15) is 5.11 Å². The van der Waals surface area contributed by atoms with Crippen LogP contribution in [0.1, 0.15) is 13.8 Å². The Bertz CT molecular complexity index is 146. The van der Waals surface area contributed by atoms with Crippen molar-refractivity contribution < 1.29 is 5.11 Å². The van der Waals surface area contributed by atoms with E-state index in [1.165, 1.54) is 6.08 Å². The molecule has 2 unspecified atom stereocenters. The second kappa shape index (κ2) is 4.08. The number of hydrogen-bond donors (Lipinski definition) is 1. The molecule has 0 aliphatic heterocycles. The first-order valence-corrected chi connectivity index (χ1v) is 3.33. The normalized spacial score (nSPS) is 15.9. The van der Waals surface area contributed by atoms with Gasteiger partial charge in [-0.25, -0.2) is 0 Å². The lowest BCUT2D eigenvalue weighted by Gasteiger charge is -2.16. The van der Waals surface area contributed by atoms with Crippen LogP contribution in [-0.4, -0.2) is 11.2 Å². The zero-order valence-corrected chi connectivity index (χ0v) is 6.41. The number of nitriles is 1. The van der Waals surface area contributed by atoms with Crippen LogP contribution < -0.4 is 0 Å². The molecule has 0 heterocycles. The van der Waals surface area contributed by atoms with Crippen molar-refractivity contribution in [3.63, 3.8) is 0 Å². The van der Waals surface area contributed by atoms with E-state index in [-0.39, 0.29) is 5.92 Å². The molecule has 2 nitrogen and oxygen atoms in total. The summed E-state index contributed by atoms with van der Waals surface area (Å²) in [5.74, 6) is -0.317. The van der Waals surface area contributed by atoms with Gasteiger partial charge >= 0.3 is 0 Å². The van der Waals surface area contributed by atoms with Crippen molar-refractivity contribution >= 4 is 0 Å². The second-order valence-corrected chi connectivity index (χ2v) is 2.63. The van der Waals surface area contributed by atoms with Crippen LogP contribution in [-0.2, 0) is 0 Å². The van der Waals surface area contributed by atoms with Crippen molar-refractivity contribution in [3.8, 4) is 6.07 Å². The Morgan fingerprint density at radius 2 is 2.10 bits per heavy atom. The molecule has 10 heavy (non-hydrogen) atoms. The molecule has 0 saturated heterocycles. The van der Waals surface area contributed by atoms with Crippen LogP contribution in [0, 0.1) is 23.2 Å². The maximum Gasteiger partial charge on any atom is 0.0902 e. The third-order valence-electron chi connectivity index (χ3n) is 1.45. The van der Waals surface area contributed by atoms with E-state index < -0.39 is 12.0 Å². The summed E-state index contributed by atoms with van der Waals surface area (Å²) in [6.45, 7) is 7.20. The first kappa shape index (κ1) is 9.19. The van der Waals surface area contributed by atoms with E-state index in [4.69, 9.17) is 5.26 Å². The molecule has 0 aliphatic rings. The van der Waals surface area contributed by atoms with Gasteiger partial charge in [0.15, 0.2) is 0 Å². The minimum atomic E-state index is -0.581. The summed E-state index contributed by atoms with van der Waals surface area (Å²) in [7, 11) is 0. The molecular formula is C8H13NO. The van der Waals surface area contributed by atoms with Crippen molar-refractivity contribution in [3.05, 3.63) is 12.7 Å². The molecular weight excluding hydrogens is 126 g/mol. The summed E-state index contributed by atoms with van der Waals surface area (Å²) < 4.78 is 0. The summed E-state index contributed by atoms with van der Waals surface area (Å²) in [4.78, 5) is 0. The van der Waals surface area contributed by atoms with Crippen molar-refractivity contribution in [1.29, 1.82) is 5.26 Å². The molecule has 56 valence electrons. The Hall–Kier alpha value is -0.810. The Morgan fingerprint density at radius 3 is 2.20 bits per heavy atom. The highest BCUT2D eigenvalue weighted by Crippen LogP contribution is 2.12. The monoisotopic (exact) mass is 139 g/mol. The number of rotatable bonds is 3. The van der Waals surface area contributed by atoms with Gasteiger partial charge in [-0.2, -0.15) is 5.26 Å². The average molecular weight is 139 g/mol. The Labute approximate surface area is 61.8 Å². The van der Waals surface area contributed by atoms with Gasteiger partial charge < -0.3 is 5.11 Å². The maximum atomic E-state index is 9.29. The highest BCUT2D eigenvalue weighted by atomic mass is 16.3. The van der Waals surface area contributed by atoms with Gasteiger partial charge in [0.25, 0.3) is 0 Å². The van der Waals surface area contributed by atoms with Crippen LogP contribution >= 0.6 is 0 Å². The van der Waals surface area contributed by atoms with Gasteiger partial charge in [-0.1, -0.05) is 19.9 Å². The average Bonchev–Trinajstić information content (AvgIpc) is 1.90. The lowest BCUT2D eigenvalue weighted by Crippen LogP contribution is -2.22. The molecule has 0 fully saturated rings. The van der Waals surface area contributed by atoms with Gasteiger partial charge in [0, 0.05) is 0 Å².